The first kappa shape index (κ1) is 16.6. The van der Waals surface area contributed by atoms with Crippen LogP contribution in [0, 0.1) is 6.92 Å². The Morgan fingerprint density at radius 1 is 1.12 bits per heavy atom. The molecule has 3 aromatic rings. The van der Waals surface area contributed by atoms with Gasteiger partial charge in [0.2, 0.25) is 0 Å². The highest BCUT2D eigenvalue weighted by Gasteiger charge is 2.15. The summed E-state index contributed by atoms with van der Waals surface area (Å²) in [5.74, 6) is 1.58. The number of hydrogen-bond donors (Lipinski definition) is 2. The second kappa shape index (κ2) is 6.72. The number of benzene rings is 1. The van der Waals surface area contributed by atoms with Crippen molar-refractivity contribution in [3.05, 3.63) is 80.4 Å². The van der Waals surface area contributed by atoms with E-state index in [1.54, 1.807) is 0 Å². The zero-order chi connectivity index (χ0) is 18.0. The van der Waals surface area contributed by atoms with Crippen LogP contribution >= 0.6 is 0 Å². The molecule has 130 valence electrons. The van der Waals surface area contributed by atoms with Gasteiger partial charge in [0.15, 0.2) is 0 Å². The first-order valence-electron chi connectivity index (χ1n) is 7.90. The lowest BCUT2D eigenvalue weighted by atomic mass is 10.2. The van der Waals surface area contributed by atoms with Crippen molar-refractivity contribution in [2.45, 2.75) is 20.0 Å². The number of aryl methyl sites for hydroxylation is 1. The number of nitrogens with zero attached hydrogens (tertiary/aromatic N) is 2. The van der Waals surface area contributed by atoms with Crippen molar-refractivity contribution < 1.29 is 4.42 Å². The van der Waals surface area contributed by atoms with Gasteiger partial charge in [-0.05, 0) is 24.6 Å². The number of rotatable bonds is 5. The molecular formula is C18H20N4O3. The van der Waals surface area contributed by atoms with E-state index in [1.165, 1.54) is 11.6 Å². The average molecular weight is 340 g/mol. The van der Waals surface area contributed by atoms with Gasteiger partial charge in [0.05, 0.1) is 13.1 Å². The fourth-order valence-corrected chi connectivity index (χ4v) is 2.62. The Labute approximate surface area is 144 Å². The van der Waals surface area contributed by atoms with Crippen LogP contribution in [0.4, 0.5) is 11.5 Å². The molecule has 0 saturated carbocycles. The Morgan fingerprint density at radius 2 is 1.84 bits per heavy atom. The Hall–Kier alpha value is -3.22. The van der Waals surface area contributed by atoms with Crippen LogP contribution in [0.1, 0.15) is 17.1 Å². The van der Waals surface area contributed by atoms with Crippen LogP contribution < -0.4 is 22.3 Å². The third kappa shape index (κ3) is 3.35. The molecule has 0 atom stereocenters. The highest BCUT2D eigenvalue weighted by molar-refractivity contribution is 5.60. The lowest BCUT2D eigenvalue weighted by Crippen LogP contribution is -2.40. The van der Waals surface area contributed by atoms with Gasteiger partial charge in [-0.25, -0.2) is 4.79 Å². The summed E-state index contributed by atoms with van der Waals surface area (Å²) >= 11 is 0. The lowest BCUT2D eigenvalue weighted by molar-refractivity contribution is 0.490. The van der Waals surface area contributed by atoms with Gasteiger partial charge in [-0.15, -0.1) is 0 Å². The summed E-state index contributed by atoms with van der Waals surface area (Å²) in [7, 11) is 1.44. The first-order valence-corrected chi connectivity index (χ1v) is 7.90. The number of nitrogens with one attached hydrogen (secondary N) is 1. The summed E-state index contributed by atoms with van der Waals surface area (Å²) in [5.41, 5.74) is 6.32. The minimum Gasteiger partial charge on any atom is -0.465 e. The predicted molar refractivity (Wildman–Crippen MR) is 96.7 cm³/mol. The zero-order valence-electron chi connectivity index (χ0n) is 14.2. The van der Waals surface area contributed by atoms with Crippen molar-refractivity contribution in [1.29, 1.82) is 0 Å². The third-order valence-electron chi connectivity index (χ3n) is 4.00. The monoisotopic (exact) mass is 340 g/mol. The molecule has 0 aliphatic rings. The fourth-order valence-electron chi connectivity index (χ4n) is 2.62. The maximum Gasteiger partial charge on any atom is 0.332 e. The van der Waals surface area contributed by atoms with Gasteiger partial charge in [-0.2, -0.15) is 0 Å². The Bertz CT molecular complexity index is 999. The van der Waals surface area contributed by atoms with Crippen LogP contribution in [0.15, 0.2) is 56.5 Å². The summed E-state index contributed by atoms with van der Waals surface area (Å²) in [6.07, 6.45) is 0. The molecule has 3 rings (SSSR count). The van der Waals surface area contributed by atoms with Gasteiger partial charge < -0.3 is 15.5 Å². The van der Waals surface area contributed by atoms with E-state index in [1.807, 2.05) is 49.4 Å². The van der Waals surface area contributed by atoms with Crippen LogP contribution in [-0.4, -0.2) is 9.13 Å². The molecule has 0 saturated heterocycles. The summed E-state index contributed by atoms with van der Waals surface area (Å²) in [5, 5.41) is 2.99. The molecule has 3 N–H and O–H groups in total. The number of nitrogens with two attached hydrogens (primary N) is 1. The molecule has 2 heterocycles. The Balaban J connectivity index is 1.97. The normalized spacial score (nSPS) is 10.8. The van der Waals surface area contributed by atoms with Gasteiger partial charge in [-0.3, -0.25) is 13.9 Å². The molecule has 2 aromatic heterocycles. The molecule has 7 heteroatoms. The smallest absolute Gasteiger partial charge is 0.332 e. The maximum atomic E-state index is 12.4. The van der Waals surface area contributed by atoms with E-state index in [9.17, 15) is 9.59 Å². The van der Waals surface area contributed by atoms with Gasteiger partial charge in [0.25, 0.3) is 5.56 Å². The number of nitrogen functional groups attached to an aromatic ring is 1. The Kier molecular flexibility index (Phi) is 4.47. The number of hydrogen-bond acceptors (Lipinski definition) is 5. The largest absolute Gasteiger partial charge is 0.465 e. The molecule has 0 aliphatic carbocycles. The molecule has 0 bridgehead atoms. The van der Waals surface area contributed by atoms with Crippen molar-refractivity contribution >= 4 is 11.5 Å². The number of anilines is 2. The minimum absolute atomic E-state index is 0.111. The molecule has 0 fully saturated rings. The summed E-state index contributed by atoms with van der Waals surface area (Å²) in [6.45, 7) is 2.43. The van der Waals surface area contributed by atoms with Crippen molar-refractivity contribution in [2.24, 2.45) is 7.05 Å². The van der Waals surface area contributed by atoms with Crippen molar-refractivity contribution in [1.82, 2.24) is 9.13 Å². The molecule has 0 aliphatic heterocycles. The van der Waals surface area contributed by atoms with Gasteiger partial charge in [0.1, 0.15) is 23.0 Å². The summed E-state index contributed by atoms with van der Waals surface area (Å²) < 4.78 is 7.92. The number of aromatic nitrogens is 2. The summed E-state index contributed by atoms with van der Waals surface area (Å²) in [4.78, 5) is 24.9. The Morgan fingerprint density at radius 3 is 2.48 bits per heavy atom. The van der Waals surface area contributed by atoms with Crippen LogP contribution in [-0.2, 0) is 20.1 Å². The highest BCUT2D eigenvalue weighted by Crippen LogP contribution is 2.15. The molecule has 25 heavy (non-hydrogen) atoms. The average Bonchev–Trinajstić information content (AvgIpc) is 3.03. The molecule has 0 unspecified atom stereocenters. The highest BCUT2D eigenvalue weighted by atomic mass is 16.3. The van der Waals surface area contributed by atoms with E-state index < -0.39 is 11.2 Å². The number of furan rings is 1. The molecule has 7 nitrogen and oxygen atoms in total. The van der Waals surface area contributed by atoms with Crippen LogP contribution in [0.5, 0.6) is 0 Å². The SMILES string of the molecule is Cc1ccc(CNc2c(N)n(Cc3ccccc3)c(=O)n(C)c2=O)o1. The van der Waals surface area contributed by atoms with Crippen molar-refractivity contribution in [2.75, 3.05) is 11.1 Å². The van der Waals surface area contributed by atoms with E-state index in [2.05, 4.69) is 5.32 Å². The maximum absolute atomic E-state index is 12.4. The van der Waals surface area contributed by atoms with Crippen molar-refractivity contribution in [3.63, 3.8) is 0 Å². The van der Waals surface area contributed by atoms with Gasteiger partial charge >= 0.3 is 5.69 Å². The first-order chi connectivity index (χ1) is 12.0. The minimum atomic E-state index is -0.463. The van der Waals surface area contributed by atoms with Crippen LogP contribution in [0.2, 0.25) is 0 Å². The topological polar surface area (TPSA) is 95.2 Å². The molecule has 0 radical (unpaired) electrons. The van der Waals surface area contributed by atoms with Crippen molar-refractivity contribution in [3.8, 4) is 0 Å². The lowest BCUT2D eigenvalue weighted by Gasteiger charge is -2.16. The second-order valence-corrected chi connectivity index (χ2v) is 5.84. The quantitative estimate of drug-likeness (QED) is 0.737. The van der Waals surface area contributed by atoms with E-state index in [0.717, 1.165) is 15.9 Å². The summed E-state index contributed by atoms with van der Waals surface area (Å²) in [6, 6.07) is 13.1. The van der Waals surface area contributed by atoms with Gasteiger partial charge in [-0.1, -0.05) is 30.3 Å². The molecule has 0 amide bonds. The standard InChI is InChI=1S/C18H20N4O3/c1-12-8-9-14(25-12)10-20-15-16(19)22(18(24)21(2)17(15)23)11-13-6-4-3-5-7-13/h3-9,20H,10-11,19H2,1-2H3. The molecule has 1 aromatic carbocycles. The zero-order valence-corrected chi connectivity index (χ0v) is 14.2. The third-order valence-corrected chi connectivity index (χ3v) is 4.00. The van der Waals surface area contributed by atoms with Crippen LogP contribution in [0.25, 0.3) is 0 Å². The fraction of sp³-hybridized carbons (Fsp3) is 0.222. The van der Waals surface area contributed by atoms with E-state index in [4.69, 9.17) is 10.2 Å². The van der Waals surface area contributed by atoms with E-state index in [-0.39, 0.29) is 18.1 Å². The van der Waals surface area contributed by atoms with E-state index in [0.29, 0.717) is 12.3 Å². The predicted octanol–water partition coefficient (Wildman–Crippen LogP) is 1.69. The van der Waals surface area contributed by atoms with Crippen LogP contribution in [0.3, 0.4) is 0 Å². The van der Waals surface area contributed by atoms with Gasteiger partial charge in [0, 0.05) is 7.05 Å². The second-order valence-electron chi connectivity index (χ2n) is 5.84. The molecule has 0 spiro atoms. The van der Waals surface area contributed by atoms with E-state index >= 15 is 0 Å². The molecular weight excluding hydrogens is 320 g/mol.